The van der Waals surface area contributed by atoms with Gasteiger partial charge in [0.1, 0.15) is 5.82 Å². The van der Waals surface area contributed by atoms with E-state index in [1.807, 2.05) is 24.3 Å². The van der Waals surface area contributed by atoms with Gasteiger partial charge in [0.05, 0.1) is 31.5 Å². The second-order valence-corrected chi connectivity index (χ2v) is 7.12. The Morgan fingerprint density at radius 3 is 2.63 bits per heavy atom. The second kappa shape index (κ2) is 7.68. The maximum Gasteiger partial charge on any atom is 0.223 e. The van der Waals surface area contributed by atoms with E-state index < -0.39 is 0 Å². The minimum Gasteiger partial charge on any atom is -0.378 e. The lowest BCUT2D eigenvalue weighted by molar-refractivity contribution is 0.0992. The van der Waals surface area contributed by atoms with Gasteiger partial charge in [-0.1, -0.05) is 29.4 Å². The lowest BCUT2D eigenvalue weighted by Gasteiger charge is -2.29. The Morgan fingerprint density at radius 1 is 1.10 bits per heavy atom. The van der Waals surface area contributed by atoms with Crippen molar-refractivity contribution < 1.29 is 14.1 Å². The third kappa shape index (κ3) is 3.55. The normalized spacial score (nSPS) is 14.4. The number of aryl methyl sites for hydroxylation is 1. The fraction of sp³-hybridized carbons (Fsp3) is 0.286. The first-order chi connectivity index (χ1) is 14.7. The van der Waals surface area contributed by atoms with Crippen molar-refractivity contribution in [1.82, 2.24) is 24.7 Å². The van der Waals surface area contributed by atoms with Crippen LogP contribution in [0.5, 0.6) is 0 Å². The lowest BCUT2D eigenvalue weighted by Crippen LogP contribution is -2.37. The zero-order valence-corrected chi connectivity index (χ0v) is 16.5. The van der Waals surface area contributed by atoms with Crippen molar-refractivity contribution >= 4 is 17.2 Å². The number of aromatic nitrogens is 5. The Balaban J connectivity index is 1.39. The van der Waals surface area contributed by atoms with Gasteiger partial charge in [0.15, 0.2) is 11.4 Å². The van der Waals surface area contributed by atoms with Gasteiger partial charge in [0.25, 0.3) is 0 Å². The highest BCUT2D eigenvalue weighted by Crippen LogP contribution is 2.21. The van der Waals surface area contributed by atoms with E-state index in [1.54, 1.807) is 29.8 Å². The molecule has 1 aliphatic rings. The summed E-state index contributed by atoms with van der Waals surface area (Å²) in [6, 6.07) is 11.0. The van der Waals surface area contributed by atoms with Gasteiger partial charge in [-0.15, -0.1) is 0 Å². The summed E-state index contributed by atoms with van der Waals surface area (Å²) in [5.74, 6) is 1.94. The molecule has 30 heavy (non-hydrogen) atoms. The summed E-state index contributed by atoms with van der Waals surface area (Å²) in [7, 11) is 0. The lowest BCUT2D eigenvalue weighted by atomic mass is 10.0. The molecule has 0 aliphatic carbocycles. The number of rotatable bonds is 5. The Kier molecular flexibility index (Phi) is 4.72. The average Bonchev–Trinajstić information content (AvgIpc) is 3.43. The summed E-state index contributed by atoms with van der Waals surface area (Å²) in [6.07, 6.45) is 1.93. The molecule has 0 N–H and O–H groups in total. The Morgan fingerprint density at radius 2 is 1.90 bits per heavy atom. The number of ether oxygens (including phenoxy) is 1. The zero-order chi connectivity index (χ0) is 20.5. The van der Waals surface area contributed by atoms with Crippen LogP contribution in [0.2, 0.25) is 0 Å². The second-order valence-electron chi connectivity index (χ2n) is 7.12. The molecule has 1 saturated heterocycles. The molecule has 0 saturated carbocycles. The van der Waals surface area contributed by atoms with E-state index >= 15 is 0 Å². The first-order valence-corrected chi connectivity index (χ1v) is 9.78. The molecule has 4 aromatic rings. The summed E-state index contributed by atoms with van der Waals surface area (Å²) in [6.45, 7) is 4.65. The van der Waals surface area contributed by atoms with Crippen LogP contribution in [0.3, 0.4) is 0 Å². The molecule has 0 spiro atoms. The molecule has 3 aromatic heterocycles. The molecule has 0 atom stereocenters. The summed E-state index contributed by atoms with van der Waals surface area (Å²) < 4.78 is 12.3. The van der Waals surface area contributed by atoms with Crippen LogP contribution in [-0.4, -0.2) is 56.8 Å². The highest BCUT2D eigenvalue weighted by molar-refractivity contribution is 5.97. The topological polar surface area (TPSA) is 98.7 Å². The van der Waals surface area contributed by atoms with Gasteiger partial charge < -0.3 is 14.2 Å². The van der Waals surface area contributed by atoms with Gasteiger partial charge in [0, 0.05) is 43.3 Å². The number of nitrogens with zero attached hydrogens (tertiary/aromatic N) is 6. The van der Waals surface area contributed by atoms with Crippen molar-refractivity contribution in [3.63, 3.8) is 0 Å². The van der Waals surface area contributed by atoms with Gasteiger partial charge in [-0.05, 0) is 0 Å². The van der Waals surface area contributed by atoms with Crippen LogP contribution in [-0.2, 0) is 11.2 Å². The van der Waals surface area contributed by atoms with Crippen LogP contribution >= 0.6 is 0 Å². The Bertz CT molecular complexity index is 1190. The van der Waals surface area contributed by atoms with Crippen LogP contribution in [0.15, 0.2) is 47.1 Å². The van der Waals surface area contributed by atoms with Crippen LogP contribution in [0, 0.1) is 6.92 Å². The smallest absolute Gasteiger partial charge is 0.223 e. The summed E-state index contributed by atoms with van der Waals surface area (Å²) in [4.78, 5) is 23.9. The fourth-order valence-electron chi connectivity index (χ4n) is 3.54. The maximum atomic E-state index is 12.9. The highest BCUT2D eigenvalue weighted by atomic mass is 16.5. The molecule has 0 radical (unpaired) electrons. The fourth-order valence-corrected chi connectivity index (χ4v) is 3.54. The minimum absolute atomic E-state index is 0.00450. The van der Waals surface area contributed by atoms with Crippen LogP contribution in [0.25, 0.3) is 17.0 Å². The number of ketones is 1. The molecule has 1 aromatic carbocycles. The highest BCUT2D eigenvalue weighted by Gasteiger charge is 2.18. The monoisotopic (exact) mass is 404 g/mol. The standard InChI is InChI=1S/C21H20N6O3/c1-14-23-21(25-30-14)16-4-2-15(3-5-16)18(28)12-17-13-20(26-8-10-29-11-9-26)27-19(24-17)6-7-22-27/h2-7,13H,8-12H2,1H3. The molecule has 1 aliphatic heterocycles. The third-order valence-electron chi connectivity index (χ3n) is 5.06. The summed E-state index contributed by atoms with van der Waals surface area (Å²) >= 11 is 0. The maximum absolute atomic E-state index is 12.9. The van der Waals surface area contributed by atoms with Crippen molar-refractivity contribution in [3.8, 4) is 11.4 Å². The first kappa shape index (κ1) is 18.4. The quantitative estimate of drug-likeness (QED) is 0.468. The van der Waals surface area contributed by atoms with E-state index in [1.165, 1.54) is 0 Å². The largest absolute Gasteiger partial charge is 0.378 e. The van der Waals surface area contributed by atoms with Crippen molar-refractivity contribution in [1.29, 1.82) is 0 Å². The van der Waals surface area contributed by atoms with Gasteiger partial charge in [-0.2, -0.15) is 14.6 Å². The third-order valence-corrected chi connectivity index (χ3v) is 5.06. The van der Waals surface area contributed by atoms with Crippen molar-refractivity contribution in [2.24, 2.45) is 0 Å². The number of carbonyl (C=O) groups is 1. The number of morpholine rings is 1. The molecule has 0 bridgehead atoms. The zero-order valence-electron chi connectivity index (χ0n) is 16.5. The molecule has 9 heteroatoms. The van der Waals surface area contributed by atoms with Gasteiger partial charge >= 0.3 is 0 Å². The Labute approximate surface area is 172 Å². The number of carbonyl (C=O) groups excluding carboxylic acids is 1. The minimum atomic E-state index is -0.00450. The van der Waals surface area contributed by atoms with E-state index in [-0.39, 0.29) is 12.2 Å². The SMILES string of the molecule is Cc1nc(-c2ccc(C(=O)Cc3cc(N4CCOCC4)n4nccc4n3)cc2)no1. The van der Waals surface area contributed by atoms with E-state index in [4.69, 9.17) is 9.26 Å². The Hall–Kier alpha value is -3.59. The molecular formula is C21H20N6O3. The first-order valence-electron chi connectivity index (χ1n) is 9.78. The van der Waals surface area contributed by atoms with Crippen LogP contribution in [0.1, 0.15) is 21.9 Å². The van der Waals surface area contributed by atoms with E-state index in [0.29, 0.717) is 36.2 Å². The summed E-state index contributed by atoms with van der Waals surface area (Å²) in [5, 5.41) is 8.28. The number of anilines is 1. The molecule has 5 rings (SSSR count). The predicted octanol–water partition coefficient (Wildman–Crippen LogP) is 2.35. The molecule has 1 fully saturated rings. The van der Waals surface area contributed by atoms with Crippen molar-refractivity contribution in [2.45, 2.75) is 13.3 Å². The van der Waals surface area contributed by atoms with Crippen LogP contribution in [0.4, 0.5) is 5.82 Å². The van der Waals surface area contributed by atoms with E-state index in [2.05, 4.69) is 25.1 Å². The molecule has 4 heterocycles. The molecule has 0 unspecified atom stereocenters. The molecular weight excluding hydrogens is 384 g/mol. The average molecular weight is 404 g/mol. The number of fused-ring (bicyclic) bond motifs is 1. The van der Waals surface area contributed by atoms with Gasteiger partial charge in [0.2, 0.25) is 11.7 Å². The predicted molar refractivity (Wildman–Crippen MR) is 109 cm³/mol. The number of Topliss-reactive ketones (excluding diaryl/α,β-unsaturated/α-hetero) is 1. The van der Waals surface area contributed by atoms with Crippen molar-refractivity contribution in [2.75, 3.05) is 31.2 Å². The molecule has 9 nitrogen and oxygen atoms in total. The van der Waals surface area contributed by atoms with Crippen LogP contribution < -0.4 is 4.90 Å². The molecule has 152 valence electrons. The number of hydrogen-bond donors (Lipinski definition) is 0. The van der Waals surface area contributed by atoms with Crippen molar-refractivity contribution in [3.05, 3.63) is 59.7 Å². The van der Waals surface area contributed by atoms with Gasteiger partial charge in [-0.3, -0.25) is 4.79 Å². The van der Waals surface area contributed by atoms with Gasteiger partial charge in [-0.25, -0.2) is 4.98 Å². The number of hydrogen-bond acceptors (Lipinski definition) is 8. The number of benzene rings is 1. The van der Waals surface area contributed by atoms with E-state index in [9.17, 15) is 4.79 Å². The molecule has 0 amide bonds. The van der Waals surface area contributed by atoms with E-state index in [0.717, 1.165) is 30.1 Å². The summed E-state index contributed by atoms with van der Waals surface area (Å²) in [5.41, 5.74) is 2.86.